The molecule has 2 aromatic rings. The van der Waals surface area contributed by atoms with Crippen molar-refractivity contribution in [3.63, 3.8) is 0 Å². The molecule has 1 aromatic carbocycles. The van der Waals surface area contributed by atoms with Gasteiger partial charge in [0.05, 0.1) is 6.21 Å². The van der Waals surface area contributed by atoms with Crippen LogP contribution in [0.25, 0.3) is 0 Å². The summed E-state index contributed by atoms with van der Waals surface area (Å²) in [5.74, 6) is -0.473. The summed E-state index contributed by atoms with van der Waals surface area (Å²) in [5.41, 5.74) is 3.66. The van der Waals surface area contributed by atoms with Gasteiger partial charge >= 0.3 is 0 Å². The van der Waals surface area contributed by atoms with Gasteiger partial charge < -0.3 is 0 Å². The van der Waals surface area contributed by atoms with Crippen LogP contribution in [-0.4, -0.2) is 22.4 Å². The molecular weight excluding hydrogens is 256 g/mol. The zero-order valence-corrected chi connectivity index (χ0v) is 10.2. The molecule has 1 aromatic heterocycles. The Morgan fingerprint density at radius 1 is 1.39 bits per heavy atom. The molecule has 0 fully saturated rings. The zero-order valence-electron chi connectivity index (χ0n) is 9.42. The normalized spacial score (nSPS) is 10.8. The Labute approximate surface area is 108 Å². The van der Waals surface area contributed by atoms with Crippen LogP contribution in [0.3, 0.4) is 0 Å². The minimum absolute atomic E-state index is 0.114. The molecule has 0 saturated carbocycles. The van der Waals surface area contributed by atoms with Crippen molar-refractivity contribution in [2.45, 2.75) is 6.92 Å². The van der Waals surface area contributed by atoms with E-state index in [-0.39, 0.29) is 5.69 Å². The topological polar surface area (TPSA) is 80.4 Å². The summed E-state index contributed by atoms with van der Waals surface area (Å²) in [7, 11) is 0. The summed E-state index contributed by atoms with van der Waals surface area (Å²) in [6, 6.07) is 7.02. The van der Waals surface area contributed by atoms with Gasteiger partial charge in [-0.1, -0.05) is 28.9 Å². The van der Waals surface area contributed by atoms with E-state index in [0.29, 0.717) is 10.7 Å². The largest absolute Gasteiger partial charge is 0.295 e. The average Bonchev–Trinajstić information content (AvgIpc) is 2.78. The lowest BCUT2D eigenvalue weighted by Gasteiger charge is -1.95. The predicted molar refractivity (Wildman–Crippen MR) is 65.5 cm³/mol. The third-order valence-electron chi connectivity index (χ3n) is 2.12. The first-order chi connectivity index (χ1) is 8.66. The smallest absolute Gasteiger partial charge is 0.265 e. The van der Waals surface area contributed by atoms with Crippen molar-refractivity contribution in [1.29, 1.82) is 0 Å². The number of benzene rings is 1. The number of halogens is 1. The van der Waals surface area contributed by atoms with E-state index in [1.54, 1.807) is 31.2 Å². The molecule has 2 rings (SSSR count). The van der Waals surface area contributed by atoms with E-state index in [1.165, 1.54) is 6.21 Å². The summed E-state index contributed by atoms with van der Waals surface area (Å²) in [6.07, 6.45) is 1.50. The summed E-state index contributed by atoms with van der Waals surface area (Å²) in [4.78, 5) is 11.6. The van der Waals surface area contributed by atoms with Gasteiger partial charge in [0, 0.05) is 5.02 Å². The molecule has 0 aliphatic carbocycles. The minimum Gasteiger partial charge on any atom is -0.265 e. The molecule has 0 saturated heterocycles. The summed E-state index contributed by atoms with van der Waals surface area (Å²) in [5, 5.41) is 11.4. The fraction of sp³-hybridized carbons (Fsp3) is 0.0909. The number of aromatic nitrogens is 2. The summed E-state index contributed by atoms with van der Waals surface area (Å²) < 4.78 is 4.42. The quantitative estimate of drug-likeness (QED) is 0.677. The maximum absolute atomic E-state index is 11.6. The Bertz CT molecular complexity index is 577. The van der Waals surface area contributed by atoms with Gasteiger partial charge in [-0.05, 0) is 29.8 Å². The maximum atomic E-state index is 11.6. The number of nitrogens with zero attached hydrogens (tertiary/aromatic N) is 3. The zero-order chi connectivity index (χ0) is 13.0. The lowest BCUT2D eigenvalue weighted by atomic mass is 10.2. The highest BCUT2D eigenvalue weighted by molar-refractivity contribution is 6.30. The first-order valence-electron chi connectivity index (χ1n) is 5.05. The van der Waals surface area contributed by atoms with Gasteiger partial charge in [0.2, 0.25) is 0 Å². The molecule has 0 radical (unpaired) electrons. The molecule has 7 heteroatoms. The van der Waals surface area contributed by atoms with Crippen molar-refractivity contribution in [1.82, 2.24) is 15.7 Å². The van der Waals surface area contributed by atoms with E-state index in [0.717, 1.165) is 5.56 Å². The third-order valence-corrected chi connectivity index (χ3v) is 2.37. The van der Waals surface area contributed by atoms with Crippen LogP contribution >= 0.6 is 11.6 Å². The number of amides is 1. The Hall–Kier alpha value is -2.21. The molecule has 0 spiro atoms. The number of carbonyl (C=O) groups is 1. The Balaban J connectivity index is 1.98. The summed E-state index contributed by atoms with van der Waals surface area (Å²) in [6.45, 7) is 1.62. The van der Waals surface area contributed by atoms with Crippen molar-refractivity contribution in [3.8, 4) is 0 Å². The van der Waals surface area contributed by atoms with Crippen molar-refractivity contribution in [2.75, 3.05) is 0 Å². The second-order valence-electron chi connectivity index (χ2n) is 3.45. The Kier molecular flexibility index (Phi) is 3.69. The van der Waals surface area contributed by atoms with E-state index in [9.17, 15) is 4.79 Å². The van der Waals surface area contributed by atoms with E-state index >= 15 is 0 Å². The van der Waals surface area contributed by atoms with Crippen LogP contribution in [0.2, 0.25) is 5.02 Å². The molecule has 1 N–H and O–H groups in total. The Morgan fingerprint density at radius 3 is 2.72 bits per heavy atom. The number of nitrogens with one attached hydrogen (secondary N) is 1. The number of carbonyl (C=O) groups excluding carboxylic acids is 1. The average molecular weight is 265 g/mol. The highest BCUT2D eigenvalue weighted by Gasteiger charge is 2.13. The monoisotopic (exact) mass is 264 g/mol. The van der Waals surface area contributed by atoms with Gasteiger partial charge in [0.1, 0.15) is 5.69 Å². The molecule has 1 heterocycles. The second kappa shape index (κ2) is 5.42. The molecule has 0 bridgehead atoms. The van der Waals surface area contributed by atoms with Crippen molar-refractivity contribution in [3.05, 3.63) is 46.2 Å². The van der Waals surface area contributed by atoms with Crippen molar-refractivity contribution >= 4 is 23.7 Å². The molecule has 92 valence electrons. The summed E-state index contributed by atoms with van der Waals surface area (Å²) >= 11 is 5.74. The van der Waals surface area contributed by atoms with Crippen LogP contribution in [0.1, 0.15) is 21.7 Å². The number of hydrogen-bond acceptors (Lipinski definition) is 5. The van der Waals surface area contributed by atoms with E-state index in [2.05, 4.69) is 25.5 Å². The SMILES string of the molecule is Cc1nonc1C(=O)N/N=C\c1ccc(Cl)cc1. The van der Waals surface area contributed by atoms with E-state index < -0.39 is 5.91 Å². The number of aryl methyl sites for hydroxylation is 1. The van der Waals surface area contributed by atoms with Crippen LogP contribution in [-0.2, 0) is 0 Å². The van der Waals surface area contributed by atoms with Gasteiger partial charge in [-0.15, -0.1) is 0 Å². The van der Waals surface area contributed by atoms with Gasteiger partial charge in [-0.2, -0.15) is 5.10 Å². The van der Waals surface area contributed by atoms with Gasteiger partial charge in [0.25, 0.3) is 5.91 Å². The van der Waals surface area contributed by atoms with Crippen molar-refractivity contribution in [2.24, 2.45) is 5.10 Å². The van der Waals surface area contributed by atoms with Crippen LogP contribution < -0.4 is 5.43 Å². The first kappa shape index (κ1) is 12.3. The molecule has 0 aliphatic rings. The molecule has 0 atom stereocenters. The minimum atomic E-state index is -0.473. The van der Waals surface area contributed by atoms with E-state index in [4.69, 9.17) is 11.6 Å². The van der Waals surface area contributed by atoms with Crippen molar-refractivity contribution < 1.29 is 9.42 Å². The van der Waals surface area contributed by atoms with E-state index in [1.807, 2.05) is 0 Å². The van der Waals surface area contributed by atoms with Crippen LogP contribution in [0.4, 0.5) is 0 Å². The fourth-order valence-electron chi connectivity index (χ4n) is 1.20. The second-order valence-corrected chi connectivity index (χ2v) is 3.89. The molecule has 0 unspecified atom stereocenters. The first-order valence-corrected chi connectivity index (χ1v) is 5.43. The number of rotatable bonds is 3. The molecular formula is C11H9ClN4O2. The van der Waals surface area contributed by atoms with Crippen LogP contribution in [0.5, 0.6) is 0 Å². The van der Waals surface area contributed by atoms with Gasteiger partial charge in [-0.3, -0.25) is 4.79 Å². The molecule has 18 heavy (non-hydrogen) atoms. The number of hydrogen-bond donors (Lipinski definition) is 1. The predicted octanol–water partition coefficient (Wildman–Crippen LogP) is 1.80. The molecule has 0 aliphatic heterocycles. The van der Waals surface area contributed by atoms with Crippen LogP contribution in [0.15, 0.2) is 34.0 Å². The van der Waals surface area contributed by atoms with Gasteiger partial charge in [0.15, 0.2) is 5.69 Å². The standard InChI is InChI=1S/C11H9ClN4O2/c1-7-10(16-18-15-7)11(17)14-13-6-8-2-4-9(12)5-3-8/h2-6H,1H3,(H,14,17)/b13-6-. The molecule has 1 amide bonds. The van der Waals surface area contributed by atoms with Crippen LogP contribution in [0, 0.1) is 6.92 Å². The highest BCUT2D eigenvalue weighted by Crippen LogP contribution is 2.07. The number of hydrazone groups is 1. The third kappa shape index (κ3) is 2.92. The molecule has 6 nitrogen and oxygen atoms in total. The lowest BCUT2D eigenvalue weighted by Crippen LogP contribution is -2.19. The lowest BCUT2D eigenvalue weighted by molar-refractivity contribution is 0.0945. The fourth-order valence-corrected chi connectivity index (χ4v) is 1.33. The van der Waals surface area contributed by atoms with Gasteiger partial charge in [-0.25, -0.2) is 10.1 Å². The highest BCUT2D eigenvalue weighted by atomic mass is 35.5. The maximum Gasteiger partial charge on any atom is 0.295 e. The Morgan fingerprint density at radius 2 is 2.11 bits per heavy atom.